The van der Waals surface area contributed by atoms with Gasteiger partial charge in [-0.2, -0.15) is 4.31 Å². The number of carbonyl (C=O) groups excluding carboxylic acids is 1. The second-order valence-electron chi connectivity index (χ2n) is 4.94. The summed E-state index contributed by atoms with van der Waals surface area (Å²) in [5.41, 5.74) is 1.37. The summed E-state index contributed by atoms with van der Waals surface area (Å²) < 4.78 is 25.8. The molecule has 6 nitrogen and oxygen atoms in total. The molecule has 1 amide bonds. The molecule has 0 fully saturated rings. The first kappa shape index (κ1) is 17.6. The summed E-state index contributed by atoms with van der Waals surface area (Å²) in [7, 11) is -3.51. The highest BCUT2D eigenvalue weighted by Gasteiger charge is 2.20. The molecule has 1 N–H and O–H groups in total. The second-order valence-corrected chi connectivity index (χ2v) is 7.84. The number of nitrogens with zero attached hydrogens (tertiary/aromatic N) is 2. The Kier molecular flexibility index (Phi) is 5.86. The quantitative estimate of drug-likeness (QED) is 0.810. The van der Waals surface area contributed by atoms with Crippen LogP contribution in [0.5, 0.6) is 0 Å². The van der Waals surface area contributed by atoms with Gasteiger partial charge >= 0.3 is 0 Å². The number of pyridine rings is 1. The number of benzene rings is 1. The normalized spacial score (nSPS) is 11.4. The van der Waals surface area contributed by atoms with Gasteiger partial charge in [-0.1, -0.05) is 15.9 Å². The van der Waals surface area contributed by atoms with Crippen LogP contribution < -0.4 is 5.32 Å². The molecular formula is C15H16BrN3O3S. The van der Waals surface area contributed by atoms with E-state index in [0.717, 1.165) is 20.6 Å². The Morgan fingerprint density at radius 2 is 1.78 bits per heavy atom. The van der Waals surface area contributed by atoms with Gasteiger partial charge in [-0.15, -0.1) is 0 Å². The zero-order chi connectivity index (χ0) is 16.9. The Labute approximate surface area is 143 Å². The van der Waals surface area contributed by atoms with Crippen molar-refractivity contribution in [1.29, 1.82) is 0 Å². The summed E-state index contributed by atoms with van der Waals surface area (Å²) in [6.07, 6.45) is 4.25. The van der Waals surface area contributed by atoms with Crippen molar-refractivity contribution in [2.24, 2.45) is 0 Å². The lowest BCUT2D eigenvalue weighted by Gasteiger charge is -2.19. The molecule has 0 radical (unpaired) electrons. The Bertz CT molecular complexity index is 764. The van der Waals surface area contributed by atoms with E-state index in [1.165, 1.54) is 0 Å². The summed E-state index contributed by atoms with van der Waals surface area (Å²) >= 11 is 3.31. The van der Waals surface area contributed by atoms with Gasteiger partial charge in [0.1, 0.15) is 0 Å². The van der Waals surface area contributed by atoms with Crippen LogP contribution in [-0.2, 0) is 21.4 Å². The number of hydrogen-bond donors (Lipinski definition) is 1. The van der Waals surface area contributed by atoms with Crippen LogP contribution in [0.4, 0.5) is 5.69 Å². The van der Waals surface area contributed by atoms with Gasteiger partial charge in [0.2, 0.25) is 15.9 Å². The van der Waals surface area contributed by atoms with Gasteiger partial charge in [-0.05, 0) is 42.0 Å². The van der Waals surface area contributed by atoms with Gasteiger partial charge < -0.3 is 5.32 Å². The molecule has 1 heterocycles. The van der Waals surface area contributed by atoms with E-state index in [2.05, 4.69) is 26.2 Å². The van der Waals surface area contributed by atoms with Crippen LogP contribution in [0.2, 0.25) is 0 Å². The number of hydrogen-bond acceptors (Lipinski definition) is 4. The van der Waals surface area contributed by atoms with E-state index in [-0.39, 0.29) is 13.1 Å². The largest absolute Gasteiger partial charge is 0.325 e. The fourth-order valence-electron chi connectivity index (χ4n) is 1.88. The average Bonchev–Trinajstić information content (AvgIpc) is 2.49. The lowest BCUT2D eigenvalue weighted by molar-refractivity contribution is -0.116. The first-order valence-electron chi connectivity index (χ1n) is 6.74. The lowest BCUT2D eigenvalue weighted by atomic mass is 10.3. The molecule has 1 aromatic carbocycles. The molecule has 0 unspecified atom stereocenters. The highest BCUT2D eigenvalue weighted by Crippen LogP contribution is 2.14. The molecule has 2 rings (SSSR count). The Hall–Kier alpha value is -1.77. The molecule has 0 aliphatic rings. The second kappa shape index (κ2) is 7.67. The molecule has 0 saturated carbocycles. The van der Waals surface area contributed by atoms with Gasteiger partial charge in [-0.3, -0.25) is 9.78 Å². The molecule has 0 atom stereocenters. The number of carbonyl (C=O) groups is 1. The van der Waals surface area contributed by atoms with Crippen LogP contribution in [0.25, 0.3) is 0 Å². The SMILES string of the molecule is CS(=O)(=O)N(CC(=O)Nc1ccc(Br)cc1)Cc1ccncc1. The minimum Gasteiger partial charge on any atom is -0.325 e. The number of aromatic nitrogens is 1. The minimum atomic E-state index is -3.51. The van der Waals surface area contributed by atoms with Crippen molar-refractivity contribution in [3.63, 3.8) is 0 Å². The maximum absolute atomic E-state index is 12.1. The van der Waals surface area contributed by atoms with Crippen molar-refractivity contribution in [3.8, 4) is 0 Å². The van der Waals surface area contributed by atoms with Crippen LogP contribution in [0.1, 0.15) is 5.56 Å². The Morgan fingerprint density at radius 3 is 2.35 bits per heavy atom. The fourth-order valence-corrected chi connectivity index (χ4v) is 2.88. The molecule has 0 spiro atoms. The maximum atomic E-state index is 12.1. The van der Waals surface area contributed by atoms with Crippen LogP contribution in [0.3, 0.4) is 0 Å². The zero-order valence-corrected chi connectivity index (χ0v) is 14.8. The maximum Gasteiger partial charge on any atom is 0.239 e. The topological polar surface area (TPSA) is 79.4 Å². The summed E-state index contributed by atoms with van der Waals surface area (Å²) in [6, 6.07) is 10.5. The smallest absolute Gasteiger partial charge is 0.239 e. The highest BCUT2D eigenvalue weighted by atomic mass is 79.9. The highest BCUT2D eigenvalue weighted by molar-refractivity contribution is 9.10. The van der Waals surface area contributed by atoms with Gasteiger partial charge in [0.05, 0.1) is 12.8 Å². The Morgan fingerprint density at radius 1 is 1.17 bits per heavy atom. The van der Waals surface area contributed by atoms with Crippen molar-refractivity contribution in [3.05, 3.63) is 58.8 Å². The molecule has 8 heteroatoms. The number of sulfonamides is 1. The van der Waals surface area contributed by atoms with Crippen molar-refractivity contribution < 1.29 is 13.2 Å². The number of rotatable bonds is 6. The zero-order valence-electron chi connectivity index (χ0n) is 12.4. The molecule has 0 aliphatic carbocycles. The van der Waals surface area contributed by atoms with E-state index >= 15 is 0 Å². The molecule has 23 heavy (non-hydrogen) atoms. The third kappa shape index (κ3) is 5.74. The van der Waals surface area contributed by atoms with E-state index in [0.29, 0.717) is 5.69 Å². The summed E-state index contributed by atoms with van der Waals surface area (Å²) in [4.78, 5) is 16.0. The van der Waals surface area contributed by atoms with E-state index < -0.39 is 15.9 Å². The van der Waals surface area contributed by atoms with E-state index in [1.807, 2.05) is 0 Å². The Balaban J connectivity index is 2.05. The van der Waals surface area contributed by atoms with Crippen molar-refractivity contribution in [2.75, 3.05) is 18.1 Å². The lowest BCUT2D eigenvalue weighted by Crippen LogP contribution is -2.36. The van der Waals surface area contributed by atoms with E-state index in [1.54, 1.807) is 48.8 Å². The van der Waals surface area contributed by atoms with Crippen LogP contribution in [0, 0.1) is 0 Å². The third-order valence-corrected chi connectivity index (χ3v) is 4.75. The standard InChI is InChI=1S/C15H16BrN3O3S/c1-23(21,22)19(10-12-6-8-17-9-7-12)11-15(20)18-14-4-2-13(16)3-5-14/h2-9H,10-11H2,1H3,(H,18,20). The van der Waals surface area contributed by atoms with Crippen LogP contribution in [0.15, 0.2) is 53.3 Å². The van der Waals surface area contributed by atoms with E-state index in [4.69, 9.17) is 0 Å². The summed E-state index contributed by atoms with van der Waals surface area (Å²) in [5, 5.41) is 2.68. The minimum absolute atomic E-state index is 0.120. The molecule has 0 saturated heterocycles. The van der Waals surface area contributed by atoms with Gasteiger partial charge in [0.25, 0.3) is 0 Å². The van der Waals surface area contributed by atoms with Gasteiger partial charge in [0, 0.05) is 29.1 Å². The third-order valence-electron chi connectivity index (χ3n) is 3.03. The number of halogens is 1. The molecule has 2 aromatic rings. The fraction of sp³-hybridized carbons (Fsp3) is 0.200. The van der Waals surface area contributed by atoms with Crippen LogP contribution >= 0.6 is 15.9 Å². The predicted molar refractivity (Wildman–Crippen MR) is 92.3 cm³/mol. The molecule has 122 valence electrons. The van der Waals surface area contributed by atoms with Crippen molar-refractivity contribution >= 4 is 37.5 Å². The monoisotopic (exact) mass is 397 g/mol. The average molecular weight is 398 g/mol. The predicted octanol–water partition coefficient (Wildman–Crippen LogP) is 2.24. The number of nitrogens with one attached hydrogen (secondary N) is 1. The van der Waals surface area contributed by atoms with Crippen molar-refractivity contribution in [1.82, 2.24) is 9.29 Å². The summed E-state index contributed by atoms with van der Waals surface area (Å²) in [5.74, 6) is -0.396. The van der Waals surface area contributed by atoms with Crippen molar-refractivity contribution in [2.45, 2.75) is 6.54 Å². The van der Waals surface area contributed by atoms with Gasteiger partial charge in [0.15, 0.2) is 0 Å². The molecule has 1 aromatic heterocycles. The van der Waals surface area contributed by atoms with Gasteiger partial charge in [-0.25, -0.2) is 8.42 Å². The molecule has 0 bridgehead atoms. The number of amides is 1. The molecular weight excluding hydrogens is 382 g/mol. The number of anilines is 1. The molecule has 0 aliphatic heterocycles. The van der Waals surface area contributed by atoms with Crippen LogP contribution in [-0.4, -0.2) is 36.4 Å². The first-order chi connectivity index (χ1) is 10.8. The first-order valence-corrected chi connectivity index (χ1v) is 9.38. The summed E-state index contributed by atoms with van der Waals surface area (Å²) in [6.45, 7) is -0.133. The van der Waals surface area contributed by atoms with E-state index in [9.17, 15) is 13.2 Å².